The topological polar surface area (TPSA) is 103 Å². The van der Waals surface area contributed by atoms with Gasteiger partial charge in [0.15, 0.2) is 5.96 Å². The number of guanidine groups is 2. The van der Waals surface area contributed by atoms with Gasteiger partial charge in [-0.25, -0.2) is 0 Å². The number of hydrogen-bond acceptors (Lipinski definition) is 1. The number of aliphatic imine (C=N–C) groups is 2. The van der Waals surface area contributed by atoms with Gasteiger partial charge >= 0.3 is 0 Å². The molecule has 6 N–H and O–H groups in total. The van der Waals surface area contributed by atoms with E-state index in [0.717, 1.165) is 5.56 Å². The highest BCUT2D eigenvalue weighted by atomic mass is 15.1. The van der Waals surface area contributed by atoms with E-state index < -0.39 is 0 Å². The maximum Gasteiger partial charge on any atom is 0.218 e. The lowest BCUT2D eigenvalue weighted by Gasteiger charge is -2.05. The Bertz CT molecular complexity index is 452. The molecule has 0 unspecified atom stereocenters. The molecule has 0 saturated heterocycles. The van der Waals surface area contributed by atoms with Crippen LogP contribution >= 0.6 is 0 Å². The van der Waals surface area contributed by atoms with Crippen molar-refractivity contribution in [3.8, 4) is 0 Å². The van der Waals surface area contributed by atoms with Crippen molar-refractivity contribution in [3.05, 3.63) is 23.8 Å². The van der Waals surface area contributed by atoms with E-state index in [0.29, 0.717) is 23.9 Å². The van der Waals surface area contributed by atoms with Crippen molar-refractivity contribution in [1.29, 1.82) is 0 Å². The van der Waals surface area contributed by atoms with Gasteiger partial charge in [-0.05, 0) is 6.42 Å². The fourth-order valence-electron chi connectivity index (χ4n) is 1.30. The molecule has 0 spiro atoms. The Morgan fingerprint density at radius 3 is 2.53 bits per heavy atom. The van der Waals surface area contributed by atoms with Crippen LogP contribution in [0.2, 0.25) is 0 Å². The van der Waals surface area contributed by atoms with Crippen LogP contribution in [0.5, 0.6) is 0 Å². The van der Waals surface area contributed by atoms with Gasteiger partial charge in [0.1, 0.15) is 15.7 Å². The van der Waals surface area contributed by atoms with Crippen LogP contribution in [-0.4, -0.2) is 34.2 Å². The van der Waals surface area contributed by atoms with Crippen molar-refractivity contribution in [2.45, 2.75) is 6.42 Å². The summed E-state index contributed by atoms with van der Waals surface area (Å²) in [5.74, 6) is -0.0674. The third-order valence-electron chi connectivity index (χ3n) is 2.07. The van der Waals surface area contributed by atoms with Crippen LogP contribution in [0, 0.1) is 0 Å². The Hall–Kier alpha value is -1.91. The first-order valence-corrected chi connectivity index (χ1v) is 5.02. The molecule has 0 aromatic heterocycles. The van der Waals surface area contributed by atoms with Crippen LogP contribution in [-0.2, 0) is 6.42 Å². The lowest BCUT2D eigenvalue weighted by molar-refractivity contribution is 0.968. The van der Waals surface area contributed by atoms with Crippen LogP contribution in [0.25, 0.3) is 0 Å². The van der Waals surface area contributed by atoms with Crippen LogP contribution in [0.15, 0.2) is 28.2 Å². The maximum absolute atomic E-state index is 5.78. The molecule has 17 heavy (non-hydrogen) atoms. The Morgan fingerprint density at radius 1 is 1.18 bits per heavy atom. The molecule has 7 heteroatoms. The third-order valence-corrected chi connectivity index (χ3v) is 2.07. The van der Waals surface area contributed by atoms with Gasteiger partial charge in [0, 0.05) is 6.54 Å². The van der Waals surface area contributed by atoms with Gasteiger partial charge in [0.25, 0.3) is 0 Å². The van der Waals surface area contributed by atoms with E-state index in [1.807, 2.05) is 6.07 Å². The van der Waals surface area contributed by atoms with Crippen molar-refractivity contribution in [2.75, 3.05) is 6.54 Å². The SMILES string of the molecule is [B]c1ccc([B])c(CCN=C(N)N=C(N)N)c1. The van der Waals surface area contributed by atoms with E-state index in [1.165, 1.54) is 0 Å². The first-order chi connectivity index (χ1) is 7.99. The second-order valence-electron chi connectivity index (χ2n) is 3.48. The highest BCUT2D eigenvalue weighted by molar-refractivity contribution is 6.36. The van der Waals surface area contributed by atoms with Crippen molar-refractivity contribution in [2.24, 2.45) is 27.2 Å². The van der Waals surface area contributed by atoms with E-state index in [1.54, 1.807) is 12.1 Å². The molecule has 5 nitrogen and oxygen atoms in total. The molecule has 0 aliphatic heterocycles. The first kappa shape index (κ1) is 13.2. The fraction of sp³-hybridized carbons (Fsp3) is 0.200. The van der Waals surface area contributed by atoms with E-state index in [-0.39, 0.29) is 11.9 Å². The standard InChI is InChI=1S/C10H13B2N5/c11-7-1-2-8(12)6(5-7)3-4-16-10(15)17-9(13)14/h1-2,5H,3-4H2,(H6,13,14,15,16,17). The normalized spacial score (nSPS) is 11.2. The summed E-state index contributed by atoms with van der Waals surface area (Å²) in [6, 6.07) is 5.31. The van der Waals surface area contributed by atoms with E-state index >= 15 is 0 Å². The first-order valence-electron chi connectivity index (χ1n) is 5.02. The van der Waals surface area contributed by atoms with E-state index in [2.05, 4.69) is 9.98 Å². The van der Waals surface area contributed by atoms with Gasteiger partial charge in [0.2, 0.25) is 5.96 Å². The van der Waals surface area contributed by atoms with Gasteiger partial charge in [0.05, 0.1) is 0 Å². The molecule has 0 bridgehead atoms. The molecule has 1 rings (SSSR count). The van der Waals surface area contributed by atoms with Crippen molar-refractivity contribution < 1.29 is 0 Å². The Labute approximate surface area is 103 Å². The van der Waals surface area contributed by atoms with Gasteiger partial charge in [-0.2, -0.15) is 4.99 Å². The predicted molar refractivity (Wildman–Crippen MR) is 73.2 cm³/mol. The number of nitrogens with zero attached hydrogens (tertiary/aromatic N) is 2. The molecule has 0 atom stereocenters. The van der Waals surface area contributed by atoms with Gasteiger partial charge in [-0.1, -0.05) is 34.7 Å². The van der Waals surface area contributed by atoms with E-state index in [4.69, 9.17) is 32.9 Å². The molecule has 1 aromatic rings. The quantitative estimate of drug-likeness (QED) is 0.298. The number of nitrogens with two attached hydrogens (primary N) is 3. The summed E-state index contributed by atoms with van der Waals surface area (Å²) in [5.41, 5.74) is 18.0. The largest absolute Gasteiger partial charge is 0.370 e. The zero-order valence-electron chi connectivity index (χ0n) is 9.43. The van der Waals surface area contributed by atoms with Gasteiger partial charge in [-0.15, -0.1) is 0 Å². The van der Waals surface area contributed by atoms with Crippen LogP contribution in [0.1, 0.15) is 5.56 Å². The molecule has 0 heterocycles. The molecular formula is C10H13B2N5. The summed E-state index contributed by atoms with van der Waals surface area (Å²) in [6.45, 7) is 0.441. The summed E-state index contributed by atoms with van der Waals surface area (Å²) in [4.78, 5) is 7.57. The highest BCUT2D eigenvalue weighted by Gasteiger charge is 1.98. The average Bonchev–Trinajstić information content (AvgIpc) is 2.22. The van der Waals surface area contributed by atoms with Gasteiger partial charge < -0.3 is 17.2 Å². The van der Waals surface area contributed by atoms with E-state index in [9.17, 15) is 0 Å². The minimum Gasteiger partial charge on any atom is -0.370 e. The maximum atomic E-state index is 5.78. The minimum atomic E-state index is -0.116. The predicted octanol–water partition coefficient (Wildman–Crippen LogP) is -2.60. The van der Waals surface area contributed by atoms with Crippen LogP contribution < -0.4 is 28.1 Å². The smallest absolute Gasteiger partial charge is 0.218 e. The zero-order chi connectivity index (χ0) is 12.8. The van der Waals surface area contributed by atoms with Crippen molar-refractivity contribution in [3.63, 3.8) is 0 Å². The van der Waals surface area contributed by atoms with Crippen LogP contribution in [0.4, 0.5) is 0 Å². The number of benzene rings is 1. The minimum absolute atomic E-state index is 0.0486. The fourth-order valence-corrected chi connectivity index (χ4v) is 1.30. The monoisotopic (exact) mass is 225 g/mol. The third kappa shape index (κ3) is 4.63. The lowest BCUT2D eigenvalue weighted by Crippen LogP contribution is -2.26. The Balaban J connectivity index is 2.62. The summed E-state index contributed by atoms with van der Waals surface area (Å²) < 4.78 is 0. The summed E-state index contributed by atoms with van der Waals surface area (Å²) >= 11 is 0. The highest BCUT2D eigenvalue weighted by Crippen LogP contribution is 1.94. The van der Waals surface area contributed by atoms with Crippen molar-refractivity contribution in [1.82, 2.24) is 0 Å². The molecule has 0 amide bonds. The lowest BCUT2D eigenvalue weighted by atomic mass is 9.84. The molecule has 0 aliphatic carbocycles. The molecule has 0 aliphatic rings. The zero-order valence-corrected chi connectivity index (χ0v) is 9.43. The second kappa shape index (κ2) is 5.98. The summed E-state index contributed by atoms with van der Waals surface area (Å²) in [7, 11) is 11.4. The number of rotatable bonds is 3. The number of hydrogen-bond donors (Lipinski definition) is 3. The molecule has 0 fully saturated rings. The Kier molecular flexibility index (Phi) is 4.63. The second-order valence-corrected chi connectivity index (χ2v) is 3.48. The summed E-state index contributed by atoms with van der Waals surface area (Å²) in [6.07, 6.45) is 0.623. The molecule has 84 valence electrons. The molecule has 1 aromatic carbocycles. The average molecular weight is 225 g/mol. The molecule has 0 saturated carbocycles. The van der Waals surface area contributed by atoms with Gasteiger partial charge in [-0.3, -0.25) is 4.99 Å². The van der Waals surface area contributed by atoms with Crippen LogP contribution in [0.3, 0.4) is 0 Å². The van der Waals surface area contributed by atoms with Crippen molar-refractivity contribution >= 4 is 38.5 Å². The molecular weight excluding hydrogens is 212 g/mol. The molecule has 4 radical (unpaired) electrons. The Morgan fingerprint density at radius 2 is 1.88 bits per heavy atom. The summed E-state index contributed by atoms with van der Waals surface area (Å²) in [5, 5.41) is 0.